The first-order valence-electron chi connectivity index (χ1n) is 12.1. The first kappa shape index (κ1) is 20.2. The third kappa shape index (κ3) is 2.97. The zero-order chi connectivity index (χ0) is 21.1. The summed E-state index contributed by atoms with van der Waals surface area (Å²) in [5, 5.41) is 0. The van der Waals surface area contributed by atoms with Crippen LogP contribution < -0.4 is 0 Å². The maximum Gasteiger partial charge on any atom is 0.155 e. The summed E-state index contributed by atoms with van der Waals surface area (Å²) in [4.78, 5) is 25.0. The van der Waals surface area contributed by atoms with Gasteiger partial charge in [-0.25, -0.2) is 0 Å². The van der Waals surface area contributed by atoms with Crippen molar-refractivity contribution in [2.24, 2.45) is 40.4 Å². The number of benzene rings is 1. The molecule has 4 aliphatic carbocycles. The molecule has 2 heteroatoms. The van der Waals surface area contributed by atoms with E-state index in [1.165, 1.54) is 36.8 Å². The van der Waals surface area contributed by atoms with Crippen LogP contribution in [0.5, 0.6) is 0 Å². The minimum Gasteiger partial charge on any atom is -0.300 e. The maximum absolute atomic E-state index is 12.9. The predicted molar refractivity (Wildman–Crippen MR) is 120 cm³/mol. The Hall–Kier alpha value is -1.70. The molecule has 5 rings (SSSR count). The Bertz CT molecular complexity index is 883. The van der Waals surface area contributed by atoms with Gasteiger partial charge < -0.3 is 0 Å². The van der Waals surface area contributed by atoms with Crippen LogP contribution in [0.25, 0.3) is 0 Å². The Labute approximate surface area is 181 Å². The minimum atomic E-state index is 0.147. The molecule has 0 spiro atoms. The largest absolute Gasteiger partial charge is 0.300 e. The number of carbonyl (C=O) groups is 2. The minimum absolute atomic E-state index is 0.147. The van der Waals surface area contributed by atoms with Crippen LogP contribution in [0.3, 0.4) is 0 Å². The molecule has 0 aromatic heterocycles. The highest BCUT2D eigenvalue weighted by Crippen LogP contribution is 2.68. The van der Waals surface area contributed by atoms with Gasteiger partial charge in [-0.2, -0.15) is 0 Å². The second kappa shape index (κ2) is 7.18. The highest BCUT2D eigenvalue weighted by atomic mass is 16.1. The fraction of sp³-hybridized carbons (Fsp3) is 0.643. The van der Waals surface area contributed by atoms with Crippen LogP contribution in [0.15, 0.2) is 42.0 Å². The second-order valence-corrected chi connectivity index (χ2v) is 11.3. The van der Waals surface area contributed by atoms with Crippen molar-refractivity contribution in [1.82, 2.24) is 0 Å². The summed E-state index contributed by atoms with van der Waals surface area (Å²) >= 11 is 0. The molecule has 3 fully saturated rings. The number of hydrogen-bond acceptors (Lipinski definition) is 2. The topological polar surface area (TPSA) is 34.1 Å². The molecule has 0 radical (unpaired) electrons. The standard InChI is InChI=1S/C28H36O2/c1-18(29)26-20(15-19-7-5-4-6-8-19)16-25-23-10-9-21-17-22(30)11-13-27(21,2)24(23)12-14-28(25,26)3/h4-8,17,20,23-26H,9-16H2,1-3H3/t20?,23-,24+,25+,26+,27+,28+/m1/s1. The molecule has 1 aromatic carbocycles. The number of ketones is 2. The lowest BCUT2D eigenvalue weighted by molar-refractivity contribution is -0.129. The number of fused-ring (bicyclic) bond motifs is 5. The molecule has 160 valence electrons. The lowest BCUT2D eigenvalue weighted by Gasteiger charge is -2.58. The number of rotatable bonds is 3. The quantitative estimate of drug-likeness (QED) is 0.602. The van der Waals surface area contributed by atoms with Crippen LogP contribution >= 0.6 is 0 Å². The van der Waals surface area contributed by atoms with E-state index in [-0.39, 0.29) is 16.7 Å². The molecule has 0 bridgehead atoms. The average molecular weight is 405 g/mol. The molecule has 0 amide bonds. The van der Waals surface area contributed by atoms with Crippen molar-refractivity contribution in [3.8, 4) is 0 Å². The fourth-order valence-electron chi connectivity index (χ4n) is 8.65. The van der Waals surface area contributed by atoms with E-state index < -0.39 is 0 Å². The summed E-state index contributed by atoms with van der Waals surface area (Å²) in [5.74, 6) is 3.45. The fourth-order valence-corrected chi connectivity index (χ4v) is 8.65. The van der Waals surface area contributed by atoms with Crippen LogP contribution in [0.2, 0.25) is 0 Å². The SMILES string of the molecule is CC(=O)[C@H]1C(Cc2ccccc2)C[C@H]2[C@@H]3CCC4=CC(=O)CC[C@]4(C)[C@H]3CC[C@]12C. The molecular weight excluding hydrogens is 368 g/mol. The van der Waals surface area contributed by atoms with Crippen LogP contribution in [0.1, 0.15) is 71.3 Å². The molecule has 2 nitrogen and oxygen atoms in total. The second-order valence-electron chi connectivity index (χ2n) is 11.3. The lowest BCUT2D eigenvalue weighted by Crippen LogP contribution is -2.51. The van der Waals surface area contributed by atoms with Crippen molar-refractivity contribution in [1.29, 1.82) is 0 Å². The molecule has 30 heavy (non-hydrogen) atoms. The van der Waals surface area contributed by atoms with Crippen LogP contribution in [0.4, 0.5) is 0 Å². The highest BCUT2D eigenvalue weighted by molar-refractivity contribution is 5.91. The molecule has 4 aliphatic rings. The molecule has 3 saturated carbocycles. The summed E-state index contributed by atoms with van der Waals surface area (Å²) in [6.45, 7) is 6.74. The van der Waals surface area contributed by atoms with Gasteiger partial charge in [-0.3, -0.25) is 9.59 Å². The summed E-state index contributed by atoms with van der Waals surface area (Å²) in [6, 6.07) is 10.8. The van der Waals surface area contributed by atoms with Gasteiger partial charge in [-0.05, 0) is 98.0 Å². The van der Waals surface area contributed by atoms with Gasteiger partial charge in [-0.15, -0.1) is 0 Å². The summed E-state index contributed by atoms with van der Waals surface area (Å²) in [5.41, 5.74) is 3.17. The Morgan fingerprint density at radius 2 is 1.80 bits per heavy atom. The molecule has 0 heterocycles. The Kier molecular flexibility index (Phi) is 4.84. The summed E-state index contributed by atoms with van der Waals surface area (Å²) < 4.78 is 0. The van der Waals surface area contributed by atoms with Gasteiger partial charge >= 0.3 is 0 Å². The smallest absolute Gasteiger partial charge is 0.155 e. The maximum atomic E-state index is 12.9. The molecule has 0 N–H and O–H groups in total. The van der Waals surface area contributed by atoms with E-state index in [0.29, 0.717) is 35.2 Å². The van der Waals surface area contributed by atoms with E-state index in [2.05, 4.69) is 44.2 Å². The highest BCUT2D eigenvalue weighted by Gasteiger charge is 2.62. The normalized spacial score (nSPS) is 42.7. The number of hydrogen-bond donors (Lipinski definition) is 0. The van der Waals surface area contributed by atoms with E-state index in [9.17, 15) is 9.59 Å². The van der Waals surface area contributed by atoms with Crippen LogP contribution in [-0.4, -0.2) is 11.6 Å². The predicted octanol–water partition coefficient (Wildman–Crippen LogP) is 6.19. The molecule has 0 saturated heterocycles. The van der Waals surface area contributed by atoms with E-state index >= 15 is 0 Å². The van der Waals surface area contributed by atoms with Crippen molar-refractivity contribution < 1.29 is 9.59 Å². The van der Waals surface area contributed by atoms with Gasteiger partial charge in [0.2, 0.25) is 0 Å². The van der Waals surface area contributed by atoms with Crippen molar-refractivity contribution >= 4 is 11.6 Å². The van der Waals surface area contributed by atoms with E-state index in [0.717, 1.165) is 25.7 Å². The van der Waals surface area contributed by atoms with Gasteiger partial charge in [0.1, 0.15) is 5.78 Å². The number of allylic oxidation sites excluding steroid dienone is 1. The van der Waals surface area contributed by atoms with Crippen molar-refractivity contribution in [2.45, 2.75) is 72.1 Å². The Balaban J connectivity index is 1.47. The molecule has 1 unspecified atom stereocenters. The van der Waals surface area contributed by atoms with E-state index in [1.807, 2.05) is 13.0 Å². The Morgan fingerprint density at radius 3 is 2.53 bits per heavy atom. The number of carbonyl (C=O) groups excluding carboxylic acids is 2. The van der Waals surface area contributed by atoms with Gasteiger partial charge in [-0.1, -0.05) is 49.8 Å². The van der Waals surface area contributed by atoms with Gasteiger partial charge in [0.25, 0.3) is 0 Å². The average Bonchev–Trinajstić information content (AvgIpc) is 3.01. The first-order chi connectivity index (χ1) is 14.3. The van der Waals surface area contributed by atoms with Crippen molar-refractivity contribution in [2.75, 3.05) is 0 Å². The van der Waals surface area contributed by atoms with E-state index in [1.54, 1.807) is 0 Å². The van der Waals surface area contributed by atoms with Crippen LogP contribution in [0, 0.1) is 40.4 Å². The van der Waals surface area contributed by atoms with Gasteiger partial charge in [0.15, 0.2) is 5.78 Å². The monoisotopic (exact) mass is 404 g/mol. The third-order valence-corrected chi connectivity index (χ3v) is 9.92. The summed E-state index contributed by atoms with van der Waals surface area (Å²) in [6.07, 6.45) is 10.7. The molecule has 0 aliphatic heterocycles. The first-order valence-corrected chi connectivity index (χ1v) is 12.1. The zero-order valence-electron chi connectivity index (χ0n) is 18.8. The van der Waals surface area contributed by atoms with Crippen molar-refractivity contribution in [3.63, 3.8) is 0 Å². The van der Waals surface area contributed by atoms with Crippen molar-refractivity contribution in [3.05, 3.63) is 47.5 Å². The Morgan fingerprint density at radius 1 is 1.03 bits per heavy atom. The summed E-state index contributed by atoms with van der Waals surface area (Å²) in [7, 11) is 0. The molecule has 7 atom stereocenters. The lowest BCUT2D eigenvalue weighted by atomic mass is 9.46. The molecular formula is C28H36O2. The molecule has 1 aromatic rings. The number of Topliss-reactive ketones (excluding diaryl/α,β-unsaturated/α-hetero) is 1. The van der Waals surface area contributed by atoms with Gasteiger partial charge in [0.05, 0.1) is 0 Å². The third-order valence-electron chi connectivity index (χ3n) is 9.92. The van der Waals surface area contributed by atoms with Gasteiger partial charge in [0, 0.05) is 12.3 Å². The van der Waals surface area contributed by atoms with E-state index in [4.69, 9.17) is 0 Å². The van der Waals surface area contributed by atoms with Crippen LogP contribution in [-0.2, 0) is 16.0 Å². The zero-order valence-corrected chi connectivity index (χ0v) is 18.8.